The van der Waals surface area contributed by atoms with Crippen LogP contribution in [0.2, 0.25) is 0 Å². The van der Waals surface area contributed by atoms with Gasteiger partial charge in [0.15, 0.2) is 0 Å². The lowest BCUT2D eigenvalue weighted by Gasteiger charge is -2.14. The number of H-pyrrole nitrogens is 1. The lowest BCUT2D eigenvalue weighted by atomic mass is 10.1. The number of amides is 2. The summed E-state index contributed by atoms with van der Waals surface area (Å²) in [5, 5.41) is 5.21. The Morgan fingerprint density at radius 2 is 1.77 bits per heavy atom. The summed E-state index contributed by atoms with van der Waals surface area (Å²) in [6.07, 6.45) is 0.0149. The zero-order chi connectivity index (χ0) is 18.9. The largest absolute Gasteiger partial charge is 0.416 e. The van der Waals surface area contributed by atoms with Crippen LogP contribution in [0, 0.1) is 6.92 Å². The molecule has 134 valence electrons. The molecule has 3 rings (SSSR count). The maximum absolute atomic E-state index is 12.9. The quantitative estimate of drug-likeness (QED) is 0.610. The van der Waals surface area contributed by atoms with Crippen LogP contribution >= 0.6 is 0 Å². The summed E-state index contributed by atoms with van der Waals surface area (Å²) in [5.41, 5.74) is -0.0742. The van der Waals surface area contributed by atoms with Crippen LogP contribution in [0.15, 0.2) is 42.9 Å². The summed E-state index contributed by atoms with van der Waals surface area (Å²) in [6, 6.07) is 5.06. The van der Waals surface area contributed by atoms with E-state index in [1.807, 2.05) is 0 Å². The average Bonchev–Trinajstić information content (AvgIpc) is 2.98. The third kappa shape index (κ3) is 3.37. The number of halogens is 3. The molecule has 0 fully saturated rings. The predicted octanol–water partition coefficient (Wildman–Crippen LogP) is 3.47. The Hall–Kier alpha value is -3.36. The van der Waals surface area contributed by atoms with Crippen molar-refractivity contribution in [3.63, 3.8) is 0 Å². The van der Waals surface area contributed by atoms with E-state index in [0.29, 0.717) is 16.6 Å². The molecule has 3 aromatic rings. The number of hydrogen-bond acceptors (Lipinski definition) is 3. The van der Waals surface area contributed by atoms with E-state index in [0.717, 1.165) is 12.1 Å². The van der Waals surface area contributed by atoms with Crippen LogP contribution in [0.3, 0.4) is 0 Å². The highest BCUT2D eigenvalue weighted by Crippen LogP contribution is 2.34. The van der Waals surface area contributed by atoms with E-state index in [-0.39, 0.29) is 11.3 Å². The van der Waals surface area contributed by atoms with Crippen molar-refractivity contribution < 1.29 is 22.8 Å². The SMILES string of the molecule is Cc1c(NC(=O)C(=O)Nc2c[nH]c3ccncc23)cccc1C(F)(F)F. The van der Waals surface area contributed by atoms with Gasteiger partial charge in [-0.05, 0) is 30.7 Å². The van der Waals surface area contributed by atoms with Crippen molar-refractivity contribution >= 4 is 34.1 Å². The number of aromatic nitrogens is 2. The molecule has 2 aromatic heterocycles. The fraction of sp³-hybridized carbons (Fsp3) is 0.118. The molecule has 9 heteroatoms. The predicted molar refractivity (Wildman–Crippen MR) is 89.5 cm³/mol. The molecule has 26 heavy (non-hydrogen) atoms. The van der Waals surface area contributed by atoms with E-state index in [1.54, 1.807) is 12.3 Å². The Morgan fingerprint density at radius 3 is 2.46 bits per heavy atom. The summed E-state index contributed by atoms with van der Waals surface area (Å²) < 4.78 is 38.8. The van der Waals surface area contributed by atoms with Gasteiger partial charge >= 0.3 is 18.0 Å². The Labute approximate surface area is 145 Å². The van der Waals surface area contributed by atoms with Gasteiger partial charge in [0.1, 0.15) is 0 Å². The van der Waals surface area contributed by atoms with Crippen molar-refractivity contribution in [3.8, 4) is 0 Å². The molecule has 0 spiro atoms. The number of carbonyl (C=O) groups excluding carboxylic acids is 2. The average molecular weight is 362 g/mol. The molecular formula is C17H13F3N4O2. The summed E-state index contributed by atoms with van der Waals surface area (Å²) >= 11 is 0. The number of anilines is 2. The number of rotatable bonds is 2. The third-order valence-corrected chi connectivity index (χ3v) is 3.83. The van der Waals surface area contributed by atoms with Gasteiger partial charge in [-0.25, -0.2) is 0 Å². The van der Waals surface area contributed by atoms with Crippen LogP contribution in [0.5, 0.6) is 0 Å². The number of fused-ring (bicyclic) bond motifs is 1. The standard InChI is InChI=1S/C17H13F3N4O2/c1-9-11(17(18,19)20)3-2-4-12(9)23-15(25)16(26)24-14-8-22-13-5-6-21-7-10(13)14/h2-8,22H,1H3,(H,23,25)(H,24,26). The maximum Gasteiger partial charge on any atom is 0.416 e. The van der Waals surface area contributed by atoms with Crippen LogP contribution in [-0.4, -0.2) is 21.8 Å². The number of pyridine rings is 1. The van der Waals surface area contributed by atoms with Gasteiger partial charge in [-0.3, -0.25) is 14.6 Å². The molecule has 0 radical (unpaired) electrons. The molecule has 1 aromatic carbocycles. The van der Waals surface area contributed by atoms with E-state index >= 15 is 0 Å². The topological polar surface area (TPSA) is 86.9 Å². The molecule has 2 amide bonds. The van der Waals surface area contributed by atoms with Crippen molar-refractivity contribution in [1.82, 2.24) is 9.97 Å². The summed E-state index contributed by atoms with van der Waals surface area (Å²) in [7, 11) is 0. The molecule has 0 saturated heterocycles. The molecule has 2 heterocycles. The Morgan fingerprint density at radius 1 is 1.08 bits per heavy atom. The Balaban J connectivity index is 1.77. The molecule has 0 aliphatic rings. The number of nitrogens with zero attached hydrogens (tertiary/aromatic N) is 1. The first-order chi connectivity index (χ1) is 12.3. The maximum atomic E-state index is 12.9. The number of carbonyl (C=O) groups is 2. The first kappa shape index (κ1) is 17.5. The zero-order valence-electron chi connectivity index (χ0n) is 13.4. The molecule has 0 unspecified atom stereocenters. The lowest BCUT2D eigenvalue weighted by molar-refractivity contribution is -0.138. The van der Waals surface area contributed by atoms with E-state index in [9.17, 15) is 22.8 Å². The van der Waals surface area contributed by atoms with Crippen LogP contribution in [-0.2, 0) is 15.8 Å². The van der Waals surface area contributed by atoms with Gasteiger partial charge in [0, 0.05) is 29.7 Å². The summed E-state index contributed by atoms with van der Waals surface area (Å²) in [6.45, 7) is 1.22. The molecule has 0 atom stereocenters. The van der Waals surface area contributed by atoms with Gasteiger partial charge in [0.2, 0.25) is 0 Å². The lowest BCUT2D eigenvalue weighted by Crippen LogP contribution is -2.29. The molecule has 0 saturated carbocycles. The van der Waals surface area contributed by atoms with Gasteiger partial charge in [0.25, 0.3) is 0 Å². The van der Waals surface area contributed by atoms with Crippen molar-refractivity contribution in [3.05, 3.63) is 54.0 Å². The highest BCUT2D eigenvalue weighted by Gasteiger charge is 2.33. The van der Waals surface area contributed by atoms with E-state index in [2.05, 4.69) is 20.6 Å². The van der Waals surface area contributed by atoms with E-state index in [4.69, 9.17) is 0 Å². The Kier molecular flexibility index (Phi) is 4.37. The second-order valence-corrected chi connectivity index (χ2v) is 5.51. The molecule has 0 aliphatic carbocycles. The van der Waals surface area contributed by atoms with Crippen molar-refractivity contribution in [2.45, 2.75) is 13.1 Å². The first-order valence-corrected chi connectivity index (χ1v) is 7.47. The fourth-order valence-electron chi connectivity index (χ4n) is 2.50. The molecule has 0 aliphatic heterocycles. The number of aromatic amines is 1. The smallest absolute Gasteiger partial charge is 0.359 e. The zero-order valence-corrected chi connectivity index (χ0v) is 13.4. The number of alkyl halides is 3. The molecule has 6 nitrogen and oxygen atoms in total. The minimum atomic E-state index is -4.55. The van der Waals surface area contributed by atoms with Gasteiger partial charge in [-0.15, -0.1) is 0 Å². The third-order valence-electron chi connectivity index (χ3n) is 3.83. The Bertz CT molecular complexity index is 995. The van der Waals surface area contributed by atoms with Gasteiger partial charge < -0.3 is 15.6 Å². The first-order valence-electron chi connectivity index (χ1n) is 7.47. The van der Waals surface area contributed by atoms with Crippen molar-refractivity contribution in [2.24, 2.45) is 0 Å². The van der Waals surface area contributed by atoms with Crippen molar-refractivity contribution in [2.75, 3.05) is 10.6 Å². The fourth-order valence-corrected chi connectivity index (χ4v) is 2.50. The minimum absolute atomic E-state index is 0.0828. The molecular weight excluding hydrogens is 349 g/mol. The normalized spacial score (nSPS) is 11.4. The van der Waals surface area contributed by atoms with Gasteiger partial charge in [0.05, 0.1) is 16.8 Å². The number of nitrogens with one attached hydrogen (secondary N) is 3. The number of hydrogen-bond donors (Lipinski definition) is 3. The van der Waals surface area contributed by atoms with Gasteiger partial charge in [-0.1, -0.05) is 6.07 Å². The molecule has 3 N–H and O–H groups in total. The van der Waals surface area contributed by atoms with Crippen LogP contribution in [0.25, 0.3) is 10.9 Å². The van der Waals surface area contributed by atoms with Crippen LogP contribution in [0.1, 0.15) is 11.1 Å². The summed E-state index contributed by atoms with van der Waals surface area (Å²) in [4.78, 5) is 31.0. The second-order valence-electron chi connectivity index (χ2n) is 5.51. The van der Waals surface area contributed by atoms with Crippen molar-refractivity contribution in [1.29, 1.82) is 0 Å². The monoisotopic (exact) mass is 362 g/mol. The van der Waals surface area contributed by atoms with E-state index in [1.165, 1.54) is 25.4 Å². The molecule has 0 bridgehead atoms. The highest BCUT2D eigenvalue weighted by molar-refractivity contribution is 6.44. The minimum Gasteiger partial charge on any atom is -0.359 e. The summed E-state index contributed by atoms with van der Waals surface area (Å²) in [5.74, 6) is -2.09. The van der Waals surface area contributed by atoms with E-state index < -0.39 is 23.6 Å². The van der Waals surface area contributed by atoms with Gasteiger partial charge in [-0.2, -0.15) is 13.2 Å². The number of benzene rings is 1. The van der Waals surface area contributed by atoms with Crippen LogP contribution < -0.4 is 10.6 Å². The highest BCUT2D eigenvalue weighted by atomic mass is 19.4. The second kappa shape index (κ2) is 6.51. The van der Waals surface area contributed by atoms with Crippen LogP contribution in [0.4, 0.5) is 24.5 Å².